The van der Waals surface area contributed by atoms with Crippen molar-refractivity contribution in [1.29, 1.82) is 0 Å². The quantitative estimate of drug-likeness (QED) is 0.377. The summed E-state index contributed by atoms with van der Waals surface area (Å²) in [5, 5.41) is 0. The molecule has 0 heteroatoms. The van der Waals surface area contributed by atoms with Gasteiger partial charge in [0.25, 0.3) is 0 Å². The van der Waals surface area contributed by atoms with Gasteiger partial charge in [-0.1, -0.05) is 96.8 Å². The van der Waals surface area contributed by atoms with Crippen LogP contribution in [0.25, 0.3) is 0 Å². The van der Waals surface area contributed by atoms with Gasteiger partial charge in [0.2, 0.25) is 0 Å². The van der Waals surface area contributed by atoms with Gasteiger partial charge in [0.1, 0.15) is 0 Å². The lowest BCUT2D eigenvalue weighted by atomic mass is 10.0. The maximum absolute atomic E-state index is 3.27. The van der Waals surface area contributed by atoms with Crippen molar-refractivity contribution in [2.45, 2.75) is 12.8 Å². The first-order valence-electron chi connectivity index (χ1n) is 9.63. The molecule has 4 rings (SSSR count). The largest absolute Gasteiger partial charge is 0.0622 e. The second kappa shape index (κ2) is 8.89. The molecule has 0 N–H and O–H groups in total. The summed E-state index contributed by atoms with van der Waals surface area (Å²) >= 11 is 0. The van der Waals surface area contributed by atoms with E-state index in [1.807, 2.05) is 0 Å². The Balaban J connectivity index is 1.39. The molecule has 0 spiro atoms. The molecule has 0 nitrogen and oxygen atoms in total. The average Bonchev–Trinajstić information content (AvgIpc) is 2.76. The maximum Gasteiger partial charge on any atom is 0.0249 e. The second-order valence-electron chi connectivity index (χ2n) is 6.97. The van der Waals surface area contributed by atoms with E-state index < -0.39 is 0 Å². The summed E-state index contributed by atoms with van der Waals surface area (Å²) in [6.45, 7) is 0. The third-order valence-electron chi connectivity index (χ3n) is 4.76. The van der Waals surface area contributed by atoms with Gasteiger partial charge in [-0.2, -0.15) is 0 Å². The zero-order valence-electron chi connectivity index (χ0n) is 15.8. The molecule has 0 atom stereocenters. The lowest BCUT2D eigenvalue weighted by molar-refractivity contribution is 1.19. The van der Waals surface area contributed by atoms with Crippen molar-refractivity contribution < 1.29 is 0 Å². The van der Waals surface area contributed by atoms with Crippen molar-refractivity contribution in [2.24, 2.45) is 0 Å². The van der Waals surface area contributed by atoms with Crippen LogP contribution in [0.1, 0.15) is 33.4 Å². The van der Waals surface area contributed by atoms with Gasteiger partial charge in [-0.15, -0.1) is 0 Å². The van der Waals surface area contributed by atoms with Gasteiger partial charge < -0.3 is 0 Å². The minimum Gasteiger partial charge on any atom is -0.0622 e. The van der Waals surface area contributed by atoms with Crippen molar-refractivity contribution >= 4 is 0 Å². The number of hydrogen-bond acceptors (Lipinski definition) is 0. The average molecular weight is 358 g/mol. The smallest absolute Gasteiger partial charge is 0.0249 e. The molecular weight excluding hydrogens is 336 g/mol. The Kier molecular flexibility index (Phi) is 5.66. The van der Waals surface area contributed by atoms with Crippen LogP contribution in [0.15, 0.2) is 109 Å². The van der Waals surface area contributed by atoms with Crippen LogP contribution in [0, 0.1) is 11.8 Å². The molecule has 4 aromatic carbocycles. The van der Waals surface area contributed by atoms with Crippen molar-refractivity contribution in [1.82, 2.24) is 0 Å². The van der Waals surface area contributed by atoms with Crippen LogP contribution in [-0.4, -0.2) is 0 Å². The summed E-state index contributed by atoms with van der Waals surface area (Å²) in [5.41, 5.74) is 7.37. The molecule has 4 aromatic rings. The molecule has 0 aliphatic carbocycles. The second-order valence-corrected chi connectivity index (χ2v) is 6.97. The Morgan fingerprint density at radius 3 is 1.04 bits per heavy atom. The van der Waals surface area contributed by atoms with Crippen LogP contribution in [-0.2, 0) is 12.8 Å². The van der Waals surface area contributed by atoms with Gasteiger partial charge in [-0.25, -0.2) is 0 Å². The van der Waals surface area contributed by atoms with E-state index in [4.69, 9.17) is 0 Å². The third kappa shape index (κ3) is 5.00. The Morgan fingerprint density at radius 2 is 0.679 bits per heavy atom. The summed E-state index contributed by atoms with van der Waals surface area (Å²) in [4.78, 5) is 0. The maximum atomic E-state index is 3.27. The number of hydrogen-bond donors (Lipinski definition) is 0. The van der Waals surface area contributed by atoms with Crippen molar-refractivity contribution in [2.75, 3.05) is 0 Å². The minimum absolute atomic E-state index is 0.956. The fourth-order valence-corrected chi connectivity index (χ4v) is 3.22. The molecule has 0 saturated carbocycles. The van der Waals surface area contributed by atoms with Gasteiger partial charge >= 0.3 is 0 Å². The first-order chi connectivity index (χ1) is 13.8. The third-order valence-corrected chi connectivity index (χ3v) is 4.76. The van der Waals surface area contributed by atoms with Crippen LogP contribution in [0.4, 0.5) is 0 Å². The highest BCUT2D eigenvalue weighted by Gasteiger charge is 1.97. The molecule has 0 saturated heterocycles. The normalized spacial score (nSPS) is 10.1. The molecular formula is C28H22. The molecule has 0 aromatic heterocycles. The topological polar surface area (TPSA) is 0 Å². The molecule has 0 aliphatic rings. The molecule has 0 amide bonds. The van der Waals surface area contributed by atoms with Crippen LogP contribution in [0.3, 0.4) is 0 Å². The Hall–Kier alpha value is -3.56. The lowest BCUT2D eigenvalue weighted by Crippen LogP contribution is -1.88. The van der Waals surface area contributed by atoms with Crippen molar-refractivity contribution in [3.8, 4) is 11.8 Å². The molecule has 0 heterocycles. The molecule has 0 aliphatic heterocycles. The first kappa shape index (κ1) is 17.8. The minimum atomic E-state index is 0.956. The summed E-state index contributed by atoms with van der Waals surface area (Å²) in [6.07, 6.45) is 1.91. The van der Waals surface area contributed by atoms with E-state index in [0.717, 1.165) is 24.0 Å². The van der Waals surface area contributed by atoms with E-state index in [-0.39, 0.29) is 0 Å². The van der Waals surface area contributed by atoms with E-state index >= 15 is 0 Å². The van der Waals surface area contributed by atoms with Gasteiger partial charge in [-0.05, 0) is 59.4 Å². The Morgan fingerprint density at radius 1 is 0.357 bits per heavy atom. The molecule has 0 fully saturated rings. The lowest BCUT2D eigenvalue weighted by Gasteiger charge is -2.02. The van der Waals surface area contributed by atoms with E-state index in [0.29, 0.717) is 0 Å². The van der Waals surface area contributed by atoms with Crippen LogP contribution in [0.5, 0.6) is 0 Å². The molecule has 134 valence electrons. The number of benzene rings is 4. The summed E-state index contributed by atoms with van der Waals surface area (Å²) in [5.74, 6) is 6.54. The zero-order valence-corrected chi connectivity index (χ0v) is 15.8. The van der Waals surface area contributed by atoms with Gasteiger partial charge in [0.15, 0.2) is 0 Å². The highest BCUT2D eigenvalue weighted by molar-refractivity contribution is 5.45. The SMILES string of the molecule is C(#Cc1ccc(Cc2ccccc2)cc1)c1ccc(Cc2ccccc2)cc1. The highest BCUT2D eigenvalue weighted by atomic mass is 14.0. The standard InChI is InChI=1S/C28H22/c1-3-7-25(8-4-1)21-27-17-13-23(14-18-27)11-12-24-15-19-28(20-16-24)22-26-9-5-2-6-10-26/h1-10,13-20H,21-22H2. The van der Waals surface area contributed by atoms with E-state index in [1.54, 1.807) is 0 Å². The Bertz CT molecular complexity index is 973. The van der Waals surface area contributed by atoms with Gasteiger partial charge in [0, 0.05) is 11.1 Å². The highest BCUT2D eigenvalue weighted by Crippen LogP contribution is 2.12. The van der Waals surface area contributed by atoms with Gasteiger partial charge in [0.05, 0.1) is 0 Å². The first-order valence-corrected chi connectivity index (χ1v) is 9.63. The monoisotopic (exact) mass is 358 g/mol. The molecule has 0 bridgehead atoms. The predicted octanol–water partition coefficient (Wildman–Crippen LogP) is 6.27. The zero-order chi connectivity index (χ0) is 19.0. The summed E-state index contributed by atoms with van der Waals surface area (Å²) in [6, 6.07) is 38.2. The number of rotatable bonds is 4. The fourth-order valence-electron chi connectivity index (χ4n) is 3.22. The van der Waals surface area contributed by atoms with Crippen LogP contribution >= 0.6 is 0 Å². The molecule has 0 unspecified atom stereocenters. The summed E-state index contributed by atoms with van der Waals surface area (Å²) < 4.78 is 0. The Labute approximate surface area is 167 Å². The molecule has 0 radical (unpaired) electrons. The van der Waals surface area contributed by atoms with Crippen LogP contribution < -0.4 is 0 Å². The predicted molar refractivity (Wildman–Crippen MR) is 117 cm³/mol. The van der Waals surface area contributed by atoms with Crippen molar-refractivity contribution in [3.05, 3.63) is 143 Å². The van der Waals surface area contributed by atoms with Gasteiger partial charge in [-0.3, -0.25) is 0 Å². The van der Waals surface area contributed by atoms with Crippen molar-refractivity contribution in [3.63, 3.8) is 0 Å². The molecule has 28 heavy (non-hydrogen) atoms. The van der Waals surface area contributed by atoms with E-state index in [1.165, 1.54) is 22.3 Å². The fraction of sp³-hybridized carbons (Fsp3) is 0.0714. The van der Waals surface area contributed by atoms with Crippen LogP contribution in [0.2, 0.25) is 0 Å². The van der Waals surface area contributed by atoms with E-state index in [9.17, 15) is 0 Å². The van der Waals surface area contributed by atoms with E-state index in [2.05, 4.69) is 121 Å². The summed E-state index contributed by atoms with van der Waals surface area (Å²) in [7, 11) is 0.